The summed E-state index contributed by atoms with van der Waals surface area (Å²) in [7, 11) is 0. The van der Waals surface area contributed by atoms with E-state index in [9.17, 15) is 0 Å². The molecule has 2 aromatic rings. The quantitative estimate of drug-likeness (QED) is 0.894. The van der Waals surface area contributed by atoms with Crippen molar-refractivity contribution < 1.29 is 4.74 Å². The number of rotatable bonds is 4. The molecule has 21 heavy (non-hydrogen) atoms. The summed E-state index contributed by atoms with van der Waals surface area (Å²) < 4.78 is 5.72. The highest BCUT2D eigenvalue weighted by Gasteiger charge is 2.21. The number of hydrogen-bond donors (Lipinski definition) is 1. The first-order valence-corrected chi connectivity index (χ1v) is 7.82. The number of benzene rings is 2. The molecule has 1 aliphatic heterocycles. The van der Waals surface area contributed by atoms with E-state index in [0.29, 0.717) is 12.0 Å². The lowest BCUT2D eigenvalue weighted by Crippen LogP contribution is -2.28. The van der Waals surface area contributed by atoms with Gasteiger partial charge in [0.2, 0.25) is 0 Å². The molecule has 0 aromatic heterocycles. The number of para-hydroxylation sites is 1. The predicted octanol–water partition coefficient (Wildman–Crippen LogP) is 4.56. The minimum Gasteiger partial charge on any atom is -0.493 e. The van der Waals surface area contributed by atoms with E-state index in [4.69, 9.17) is 16.3 Å². The average molecular weight is 302 g/mol. The van der Waals surface area contributed by atoms with Crippen molar-refractivity contribution in [2.24, 2.45) is 0 Å². The fraction of sp³-hybridized carbons (Fsp3) is 0.333. The number of fused-ring (bicyclic) bond motifs is 1. The largest absolute Gasteiger partial charge is 0.493 e. The van der Waals surface area contributed by atoms with Crippen molar-refractivity contribution in [3.8, 4) is 5.75 Å². The summed E-state index contributed by atoms with van der Waals surface area (Å²) in [5.74, 6) is 1.55. The minimum atomic E-state index is 0.317. The molecule has 0 saturated heterocycles. The molecule has 1 N–H and O–H groups in total. The molecular weight excluding hydrogens is 282 g/mol. The standard InChI is InChI=1S/C18H20ClNO/c1-13(14-6-8-16(19)9-7-14)20-12-15-10-11-21-18-5-3-2-4-17(15)18/h2-9,13,15,20H,10-12H2,1H3/t13-,15?/m0/s1. The molecule has 2 nitrogen and oxygen atoms in total. The second kappa shape index (κ2) is 6.50. The Kier molecular flexibility index (Phi) is 4.47. The molecule has 3 rings (SSSR count). The van der Waals surface area contributed by atoms with E-state index >= 15 is 0 Å². The van der Waals surface area contributed by atoms with E-state index in [1.165, 1.54) is 11.1 Å². The zero-order chi connectivity index (χ0) is 14.7. The molecule has 0 spiro atoms. The monoisotopic (exact) mass is 301 g/mol. The summed E-state index contributed by atoms with van der Waals surface area (Å²) in [6.07, 6.45) is 1.07. The fourth-order valence-electron chi connectivity index (χ4n) is 2.82. The van der Waals surface area contributed by atoms with Gasteiger partial charge in [-0.1, -0.05) is 41.9 Å². The summed E-state index contributed by atoms with van der Waals surface area (Å²) in [5.41, 5.74) is 2.58. The molecule has 0 saturated carbocycles. The summed E-state index contributed by atoms with van der Waals surface area (Å²) in [4.78, 5) is 0. The predicted molar refractivity (Wildman–Crippen MR) is 87.2 cm³/mol. The summed E-state index contributed by atoms with van der Waals surface area (Å²) >= 11 is 5.94. The van der Waals surface area contributed by atoms with E-state index in [1.54, 1.807) is 0 Å². The molecule has 1 unspecified atom stereocenters. The third-order valence-corrected chi connectivity index (χ3v) is 4.38. The Morgan fingerprint density at radius 1 is 1.19 bits per heavy atom. The molecule has 2 atom stereocenters. The van der Waals surface area contributed by atoms with Gasteiger partial charge in [-0.05, 0) is 42.7 Å². The van der Waals surface area contributed by atoms with Gasteiger partial charge in [0, 0.05) is 23.5 Å². The fourth-order valence-corrected chi connectivity index (χ4v) is 2.94. The molecule has 110 valence electrons. The van der Waals surface area contributed by atoms with Crippen LogP contribution in [-0.2, 0) is 0 Å². The van der Waals surface area contributed by atoms with Gasteiger partial charge < -0.3 is 10.1 Å². The van der Waals surface area contributed by atoms with Crippen LogP contribution in [-0.4, -0.2) is 13.2 Å². The maximum atomic E-state index is 5.94. The second-order valence-corrected chi connectivity index (χ2v) is 5.99. The van der Waals surface area contributed by atoms with Crippen molar-refractivity contribution in [1.82, 2.24) is 5.32 Å². The normalized spacial score (nSPS) is 18.7. The molecule has 0 aliphatic carbocycles. The van der Waals surface area contributed by atoms with Gasteiger partial charge in [0.15, 0.2) is 0 Å². The Morgan fingerprint density at radius 3 is 2.76 bits per heavy atom. The number of halogens is 1. The first-order valence-electron chi connectivity index (χ1n) is 7.44. The highest BCUT2D eigenvalue weighted by Crippen LogP contribution is 2.33. The van der Waals surface area contributed by atoms with E-state index < -0.39 is 0 Å². The Hall–Kier alpha value is -1.51. The van der Waals surface area contributed by atoms with Crippen LogP contribution in [0.25, 0.3) is 0 Å². The van der Waals surface area contributed by atoms with Gasteiger partial charge in [-0.2, -0.15) is 0 Å². The average Bonchev–Trinajstić information content (AvgIpc) is 2.53. The smallest absolute Gasteiger partial charge is 0.122 e. The molecule has 2 aromatic carbocycles. The van der Waals surface area contributed by atoms with Crippen LogP contribution in [0.2, 0.25) is 5.02 Å². The van der Waals surface area contributed by atoms with Crippen LogP contribution in [0.3, 0.4) is 0 Å². The van der Waals surface area contributed by atoms with Crippen LogP contribution in [0.1, 0.15) is 36.4 Å². The highest BCUT2D eigenvalue weighted by atomic mass is 35.5. The van der Waals surface area contributed by atoms with Crippen molar-refractivity contribution in [3.63, 3.8) is 0 Å². The molecule has 1 heterocycles. The first kappa shape index (κ1) is 14.4. The van der Waals surface area contributed by atoms with Gasteiger partial charge in [-0.3, -0.25) is 0 Å². The van der Waals surface area contributed by atoms with Gasteiger partial charge in [0.05, 0.1) is 6.61 Å². The van der Waals surface area contributed by atoms with Gasteiger partial charge in [0.1, 0.15) is 5.75 Å². The van der Waals surface area contributed by atoms with Crippen molar-refractivity contribution >= 4 is 11.6 Å². The minimum absolute atomic E-state index is 0.317. The molecule has 1 aliphatic rings. The van der Waals surface area contributed by atoms with Crippen molar-refractivity contribution in [3.05, 3.63) is 64.7 Å². The molecule has 0 radical (unpaired) electrons. The number of nitrogens with one attached hydrogen (secondary N) is 1. The van der Waals surface area contributed by atoms with Crippen LogP contribution in [0, 0.1) is 0 Å². The van der Waals surface area contributed by atoms with E-state index in [2.05, 4.69) is 42.6 Å². The van der Waals surface area contributed by atoms with E-state index in [-0.39, 0.29) is 0 Å². The Morgan fingerprint density at radius 2 is 1.95 bits per heavy atom. The Balaban J connectivity index is 1.64. The summed E-state index contributed by atoms with van der Waals surface area (Å²) in [6, 6.07) is 16.7. The Labute approximate surface area is 131 Å². The number of hydrogen-bond acceptors (Lipinski definition) is 2. The zero-order valence-corrected chi connectivity index (χ0v) is 12.9. The molecule has 3 heteroatoms. The number of ether oxygens (including phenoxy) is 1. The lowest BCUT2D eigenvalue weighted by Gasteiger charge is -2.27. The second-order valence-electron chi connectivity index (χ2n) is 5.55. The van der Waals surface area contributed by atoms with E-state index in [0.717, 1.165) is 30.3 Å². The molecule has 0 bridgehead atoms. The third-order valence-electron chi connectivity index (χ3n) is 4.12. The van der Waals surface area contributed by atoms with E-state index in [1.807, 2.05) is 18.2 Å². The lowest BCUT2D eigenvalue weighted by atomic mass is 9.92. The molecule has 0 amide bonds. The molecular formula is C18H20ClNO. The highest BCUT2D eigenvalue weighted by molar-refractivity contribution is 6.30. The zero-order valence-electron chi connectivity index (χ0n) is 12.2. The summed E-state index contributed by atoms with van der Waals surface area (Å²) in [6.45, 7) is 3.96. The van der Waals surface area contributed by atoms with Crippen LogP contribution < -0.4 is 10.1 Å². The maximum absolute atomic E-state index is 5.94. The maximum Gasteiger partial charge on any atom is 0.122 e. The van der Waals surface area contributed by atoms with Crippen molar-refractivity contribution in [2.75, 3.05) is 13.2 Å². The third kappa shape index (κ3) is 3.39. The molecule has 0 fully saturated rings. The topological polar surface area (TPSA) is 21.3 Å². The van der Waals surface area contributed by atoms with Crippen molar-refractivity contribution in [1.29, 1.82) is 0 Å². The summed E-state index contributed by atoms with van der Waals surface area (Å²) in [5, 5.41) is 4.41. The first-order chi connectivity index (χ1) is 10.2. The van der Waals surface area contributed by atoms with Crippen LogP contribution in [0.5, 0.6) is 5.75 Å². The Bertz CT molecular complexity index is 596. The van der Waals surface area contributed by atoms with Gasteiger partial charge in [0.25, 0.3) is 0 Å². The van der Waals surface area contributed by atoms with Crippen LogP contribution >= 0.6 is 11.6 Å². The van der Waals surface area contributed by atoms with Crippen LogP contribution in [0.15, 0.2) is 48.5 Å². The van der Waals surface area contributed by atoms with Gasteiger partial charge >= 0.3 is 0 Å². The van der Waals surface area contributed by atoms with Crippen molar-refractivity contribution in [2.45, 2.75) is 25.3 Å². The van der Waals surface area contributed by atoms with Gasteiger partial charge in [-0.25, -0.2) is 0 Å². The van der Waals surface area contributed by atoms with Gasteiger partial charge in [-0.15, -0.1) is 0 Å². The lowest BCUT2D eigenvalue weighted by molar-refractivity contribution is 0.263. The SMILES string of the molecule is C[C@H](NCC1CCOc2ccccc21)c1ccc(Cl)cc1. The van der Waals surface area contributed by atoms with Crippen LogP contribution in [0.4, 0.5) is 0 Å².